The Bertz CT molecular complexity index is 1000. The van der Waals surface area contributed by atoms with E-state index in [1.165, 1.54) is 63.4 Å². The van der Waals surface area contributed by atoms with Crippen LogP contribution in [-0.4, -0.2) is 12.5 Å². The maximum atomic E-state index is 12.5. The van der Waals surface area contributed by atoms with Gasteiger partial charge in [0.15, 0.2) is 12.7 Å². The monoisotopic (exact) mass is 507 g/mol. The molecule has 0 aliphatic carbocycles. The molecular weight excluding hydrogens is 464 g/mol. The van der Waals surface area contributed by atoms with Crippen molar-refractivity contribution in [1.82, 2.24) is 0 Å². The lowest BCUT2D eigenvalue weighted by molar-refractivity contribution is -0.683. The highest BCUT2D eigenvalue weighted by Crippen LogP contribution is 2.21. The molecule has 0 aliphatic heterocycles. The number of hydrogen-bond acceptors (Lipinski definition) is 3. The Morgan fingerprint density at radius 2 is 1.58 bits per heavy atom. The van der Waals surface area contributed by atoms with E-state index in [0.717, 1.165) is 36.6 Å². The summed E-state index contributed by atoms with van der Waals surface area (Å²) in [7, 11) is 0. The minimum atomic E-state index is 0.0339. The van der Waals surface area contributed by atoms with E-state index in [0.29, 0.717) is 6.54 Å². The summed E-state index contributed by atoms with van der Waals surface area (Å²) in [6, 6.07) is 16.4. The number of aromatic nitrogens is 1. The van der Waals surface area contributed by atoms with E-state index in [2.05, 4.69) is 52.8 Å². The van der Waals surface area contributed by atoms with Crippen LogP contribution in [0.1, 0.15) is 89.2 Å². The average Bonchev–Trinajstić information content (AvgIpc) is 3.40. The third-order valence-corrected chi connectivity index (χ3v) is 7.20. The van der Waals surface area contributed by atoms with Gasteiger partial charge in [0.1, 0.15) is 5.75 Å². The number of ether oxygens (including phenoxy) is 1. The first-order chi connectivity index (χ1) is 17.7. The topological polar surface area (TPSA) is 33.4 Å². The van der Waals surface area contributed by atoms with Crippen LogP contribution in [0.15, 0.2) is 65.6 Å². The van der Waals surface area contributed by atoms with Gasteiger partial charge in [-0.15, -0.1) is 0 Å². The molecule has 1 heterocycles. The summed E-state index contributed by atoms with van der Waals surface area (Å²) in [6.45, 7) is 6.01. The number of unbranched alkanes of at least 4 members (excludes halogenated alkanes) is 9. The van der Waals surface area contributed by atoms with E-state index in [9.17, 15) is 4.79 Å². The van der Waals surface area contributed by atoms with E-state index in [-0.39, 0.29) is 5.91 Å². The second-order valence-electron chi connectivity index (χ2n) is 9.65. The van der Waals surface area contributed by atoms with Crippen molar-refractivity contribution in [3.63, 3.8) is 0 Å². The molecule has 4 nitrogen and oxygen atoms in total. The van der Waals surface area contributed by atoms with Gasteiger partial charge in [0.2, 0.25) is 11.4 Å². The SMILES string of the molecule is CCCCCCCCCCCCOc1cccc(CN(C(C)=O)c2ccc(C[n+]3ccsc3)cc2)c1. The normalized spacial score (nSPS) is 10.9. The van der Waals surface area contributed by atoms with Crippen LogP contribution in [0.3, 0.4) is 0 Å². The molecule has 36 heavy (non-hydrogen) atoms. The van der Waals surface area contributed by atoms with E-state index < -0.39 is 0 Å². The quantitative estimate of drug-likeness (QED) is 0.137. The molecule has 0 saturated carbocycles. The Hall–Kier alpha value is -2.66. The predicted molar refractivity (Wildman–Crippen MR) is 151 cm³/mol. The third-order valence-electron chi connectivity index (χ3n) is 6.53. The number of nitrogens with zero attached hydrogens (tertiary/aromatic N) is 2. The van der Waals surface area contributed by atoms with Gasteiger partial charge in [0.25, 0.3) is 0 Å². The fraction of sp³-hybridized carbons (Fsp3) is 0.484. The molecule has 0 unspecified atom stereocenters. The van der Waals surface area contributed by atoms with Crippen LogP contribution in [0, 0.1) is 0 Å². The van der Waals surface area contributed by atoms with Crippen molar-refractivity contribution in [3.05, 3.63) is 76.7 Å². The van der Waals surface area contributed by atoms with Crippen molar-refractivity contribution >= 4 is 22.9 Å². The van der Waals surface area contributed by atoms with Gasteiger partial charge in [-0.2, -0.15) is 4.57 Å². The lowest BCUT2D eigenvalue weighted by Crippen LogP contribution is -2.30. The van der Waals surface area contributed by atoms with Gasteiger partial charge in [0.05, 0.1) is 18.5 Å². The number of carbonyl (C=O) groups is 1. The van der Waals surface area contributed by atoms with E-state index >= 15 is 0 Å². The van der Waals surface area contributed by atoms with Gasteiger partial charge >= 0.3 is 0 Å². The zero-order chi connectivity index (χ0) is 25.4. The van der Waals surface area contributed by atoms with E-state index in [4.69, 9.17) is 4.74 Å². The van der Waals surface area contributed by atoms with Crippen molar-refractivity contribution in [2.45, 2.75) is 91.1 Å². The molecule has 0 atom stereocenters. The van der Waals surface area contributed by atoms with Gasteiger partial charge in [-0.3, -0.25) is 4.79 Å². The van der Waals surface area contributed by atoms with Gasteiger partial charge in [-0.05, 0) is 36.2 Å². The summed E-state index contributed by atoms with van der Waals surface area (Å²) >= 11 is 1.69. The van der Waals surface area contributed by atoms with Crippen LogP contribution in [0.25, 0.3) is 0 Å². The van der Waals surface area contributed by atoms with Crippen molar-refractivity contribution in [3.8, 4) is 5.75 Å². The van der Waals surface area contributed by atoms with Crippen LogP contribution >= 0.6 is 11.3 Å². The first kappa shape index (κ1) is 27.9. The zero-order valence-corrected chi connectivity index (χ0v) is 23.0. The van der Waals surface area contributed by atoms with Crippen molar-refractivity contribution in [1.29, 1.82) is 0 Å². The first-order valence-electron chi connectivity index (χ1n) is 13.7. The van der Waals surface area contributed by atoms with Crippen LogP contribution in [0.5, 0.6) is 5.75 Å². The Labute approximate surface area is 221 Å². The minimum absolute atomic E-state index is 0.0339. The fourth-order valence-corrected chi connectivity index (χ4v) is 5.02. The second-order valence-corrected chi connectivity index (χ2v) is 10.4. The van der Waals surface area contributed by atoms with E-state index in [1.54, 1.807) is 18.3 Å². The number of thiazole rings is 1. The molecule has 0 bridgehead atoms. The van der Waals surface area contributed by atoms with Crippen LogP contribution in [0.4, 0.5) is 5.69 Å². The molecule has 3 aromatic rings. The van der Waals surface area contributed by atoms with Gasteiger partial charge in [-0.1, -0.05) is 100 Å². The van der Waals surface area contributed by atoms with Crippen LogP contribution < -0.4 is 14.2 Å². The first-order valence-corrected chi connectivity index (χ1v) is 14.6. The summed E-state index contributed by atoms with van der Waals surface area (Å²) in [4.78, 5) is 14.3. The number of amides is 1. The number of hydrogen-bond donors (Lipinski definition) is 0. The van der Waals surface area contributed by atoms with Gasteiger partial charge < -0.3 is 9.64 Å². The average molecular weight is 508 g/mol. The lowest BCUT2D eigenvalue weighted by atomic mass is 10.1. The summed E-state index contributed by atoms with van der Waals surface area (Å²) < 4.78 is 8.18. The van der Waals surface area contributed by atoms with Crippen molar-refractivity contribution in [2.24, 2.45) is 0 Å². The highest BCUT2D eigenvalue weighted by atomic mass is 32.1. The number of rotatable bonds is 17. The molecule has 0 spiro atoms. The van der Waals surface area contributed by atoms with Crippen LogP contribution in [-0.2, 0) is 17.9 Å². The molecule has 194 valence electrons. The molecule has 1 amide bonds. The maximum absolute atomic E-state index is 12.5. The summed E-state index contributed by atoms with van der Waals surface area (Å²) in [5.41, 5.74) is 5.30. The third kappa shape index (κ3) is 10.1. The van der Waals surface area contributed by atoms with E-state index in [1.807, 2.05) is 29.2 Å². The second kappa shape index (κ2) is 16.2. The molecule has 0 N–H and O–H groups in total. The Morgan fingerprint density at radius 3 is 2.22 bits per heavy atom. The standard InChI is InChI=1S/C31H43N2O2S/c1-3-4-5-6-7-8-9-10-11-12-21-35-31-15-13-14-29(23-31)25-33(27(2)34)30-18-16-28(17-19-30)24-32-20-22-36-26-32/h13-20,22-23,26H,3-12,21,24-25H2,1-2H3/q+1. The summed E-state index contributed by atoms with van der Waals surface area (Å²) in [6.07, 6.45) is 15.3. The summed E-state index contributed by atoms with van der Waals surface area (Å²) in [5, 5.41) is 2.07. The highest BCUT2D eigenvalue weighted by molar-refractivity contribution is 7.07. The Morgan fingerprint density at radius 1 is 0.889 bits per heavy atom. The fourth-order valence-electron chi connectivity index (χ4n) is 4.42. The maximum Gasteiger partial charge on any atom is 0.224 e. The smallest absolute Gasteiger partial charge is 0.224 e. The number of benzene rings is 2. The molecule has 3 rings (SSSR count). The molecule has 2 aromatic carbocycles. The van der Waals surface area contributed by atoms with Crippen molar-refractivity contribution < 1.29 is 14.1 Å². The molecule has 1 aromatic heterocycles. The molecular formula is C31H43N2O2S+. The Balaban J connectivity index is 1.41. The molecule has 0 fully saturated rings. The number of anilines is 1. The number of carbonyl (C=O) groups excluding carboxylic acids is 1. The van der Waals surface area contributed by atoms with Crippen LogP contribution in [0.2, 0.25) is 0 Å². The largest absolute Gasteiger partial charge is 0.494 e. The molecule has 5 heteroatoms. The molecule has 0 saturated heterocycles. The zero-order valence-electron chi connectivity index (χ0n) is 22.2. The minimum Gasteiger partial charge on any atom is -0.494 e. The summed E-state index contributed by atoms with van der Waals surface area (Å²) in [5.74, 6) is 0.918. The molecule has 0 radical (unpaired) electrons. The van der Waals surface area contributed by atoms with Crippen molar-refractivity contribution in [2.75, 3.05) is 11.5 Å². The molecule has 0 aliphatic rings. The predicted octanol–water partition coefficient (Wildman–Crippen LogP) is 7.94. The highest BCUT2D eigenvalue weighted by Gasteiger charge is 2.13. The lowest BCUT2D eigenvalue weighted by Gasteiger charge is -2.22. The van der Waals surface area contributed by atoms with Gasteiger partial charge in [-0.25, -0.2) is 0 Å². The van der Waals surface area contributed by atoms with Gasteiger partial charge in [0, 0.05) is 18.2 Å². The Kier molecular flexibility index (Phi) is 12.5.